The van der Waals surface area contributed by atoms with Crippen LogP contribution in [0.15, 0.2) is 23.3 Å². The van der Waals surface area contributed by atoms with E-state index >= 15 is 0 Å². The zero-order chi connectivity index (χ0) is 17.7. The van der Waals surface area contributed by atoms with Gasteiger partial charge < -0.3 is 5.73 Å². The zero-order valence-electron chi connectivity index (χ0n) is 13.7. The van der Waals surface area contributed by atoms with E-state index in [1.807, 2.05) is 13.8 Å². The Balaban J connectivity index is 2.39. The van der Waals surface area contributed by atoms with Crippen molar-refractivity contribution in [2.24, 2.45) is 10.9 Å². The predicted octanol–water partition coefficient (Wildman–Crippen LogP) is 2.08. The van der Waals surface area contributed by atoms with E-state index in [-0.39, 0.29) is 16.2 Å². The maximum Gasteiger partial charge on any atom is 0.319 e. The Labute approximate surface area is 140 Å². The van der Waals surface area contributed by atoms with Gasteiger partial charge in [0.25, 0.3) is 0 Å². The molecule has 0 spiro atoms. The molecule has 9 heteroatoms. The third kappa shape index (κ3) is 2.45. The van der Waals surface area contributed by atoms with Crippen LogP contribution in [-0.2, 0) is 10.1 Å². The van der Waals surface area contributed by atoms with Gasteiger partial charge in [-0.25, -0.2) is 14.5 Å². The fourth-order valence-electron chi connectivity index (χ4n) is 3.23. The number of pyridine rings is 2. The van der Waals surface area contributed by atoms with Gasteiger partial charge in [0.05, 0.1) is 12.1 Å². The molecule has 1 aliphatic rings. The highest BCUT2D eigenvalue weighted by molar-refractivity contribution is 7.86. The van der Waals surface area contributed by atoms with Gasteiger partial charge in [0.15, 0.2) is 29.0 Å². The first kappa shape index (κ1) is 16.7. The van der Waals surface area contributed by atoms with Gasteiger partial charge in [-0.3, -0.25) is 4.55 Å². The summed E-state index contributed by atoms with van der Waals surface area (Å²) in [4.78, 5) is 13.0. The molecule has 0 radical (unpaired) electrons. The second-order valence-electron chi connectivity index (χ2n) is 6.43. The molecule has 3 rings (SSSR count). The van der Waals surface area contributed by atoms with E-state index in [0.717, 1.165) is 0 Å². The number of nitrogen functional groups attached to an aromatic ring is 1. The van der Waals surface area contributed by atoms with Gasteiger partial charge in [-0.15, -0.1) is 0 Å². The molecule has 2 atom stereocenters. The Morgan fingerprint density at radius 2 is 2.04 bits per heavy atom. The maximum atomic E-state index is 11.9. The molecule has 8 nitrogen and oxygen atoms in total. The van der Waals surface area contributed by atoms with Crippen molar-refractivity contribution in [3.63, 3.8) is 0 Å². The van der Waals surface area contributed by atoms with Crippen LogP contribution in [0, 0.1) is 5.92 Å². The van der Waals surface area contributed by atoms with Crippen molar-refractivity contribution < 1.29 is 13.0 Å². The first-order chi connectivity index (χ1) is 11.2. The van der Waals surface area contributed by atoms with Crippen molar-refractivity contribution in [3.8, 4) is 0 Å². The fraction of sp³-hybridized carbons (Fsp3) is 0.400. The van der Waals surface area contributed by atoms with Crippen molar-refractivity contribution in [2.45, 2.75) is 26.1 Å². The highest BCUT2D eigenvalue weighted by atomic mass is 32.2. The van der Waals surface area contributed by atoms with Crippen LogP contribution < -0.4 is 10.2 Å². The van der Waals surface area contributed by atoms with Gasteiger partial charge in [0.1, 0.15) is 0 Å². The fourth-order valence-corrected chi connectivity index (χ4v) is 3.95. The Morgan fingerprint density at radius 3 is 2.67 bits per heavy atom. The smallest absolute Gasteiger partial charge is 0.319 e. The van der Waals surface area contributed by atoms with E-state index in [2.05, 4.69) is 15.0 Å². The summed E-state index contributed by atoms with van der Waals surface area (Å²) in [6.45, 7) is 5.84. The Bertz CT molecular complexity index is 942. The third-order valence-electron chi connectivity index (χ3n) is 4.27. The van der Waals surface area contributed by atoms with Crippen molar-refractivity contribution in [1.82, 2.24) is 14.5 Å². The van der Waals surface area contributed by atoms with Crippen LogP contribution in [0.4, 0.5) is 17.2 Å². The van der Waals surface area contributed by atoms with E-state index < -0.39 is 15.5 Å². The zero-order valence-corrected chi connectivity index (χ0v) is 14.5. The number of fused-ring (bicyclic) bond motifs is 3. The highest BCUT2D eigenvalue weighted by Crippen LogP contribution is 2.47. The largest absolute Gasteiger partial charge is 0.382 e. The summed E-state index contributed by atoms with van der Waals surface area (Å²) in [5.74, 6) is 0.354. The predicted molar refractivity (Wildman–Crippen MR) is 94.6 cm³/mol. The van der Waals surface area contributed by atoms with E-state index in [1.165, 1.54) is 13.3 Å². The summed E-state index contributed by atoms with van der Waals surface area (Å²) in [7, 11) is -4.32. The minimum absolute atomic E-state index is 0.139. The van der Waals surface area contributed by atoms with Crippen molar-refractivity contribution in [2.75, 3.05) is 12.3 Å². The van der Waals surface area contributed by atoms with E-state index in [1.54, 1.807) is 18.3 Å². The number of rotatable bonds is 4. The maximum absolute atomic E-state index is 11.9. The van der Waals surface area contributed by atoms with Crippen molar-refractivity contribution >= 4 is 44.7 Å². The number of aromatic nitrogens is 2. The summed E-state index contributed by atoms with van der Waals surface area (Å²) < 4.78 is 33.5. The number of nitrogens with zero attached hydrogens (tertiary/aromatic N) is 4. The molecule has 128 valence electrons. The number of aliphatic imine (C=N–C) groups is 1. The van der Waals surface area contributed by atoms with Crippen LogP contribution >= 0.6 is 0 Å². The third-order valence-corrected chi connectivity index (χ3v) is 5.51. The molecule has 0 amide bonds. The molecule has 3 N–H and O–H groups in total. The summed E-state index contributed by atoms with van der Waals surface area (Å²) in [5.41, 5.74) is 8.11. The van der Waals surface area contributed by atoms with Gasteiger partial charge in [-0.05, 0) is 12.1 Å². The molecule has 0 fully saturated rings. The normalized spacial score (nSPS) is 21.4. The highest BCUT2D eigenvalue weighted by Gasteiger charge is 2.50. The molecule has 24 heavy (non-hydrogen) atoms. The number of hydrogen-bond acceptors (Lipinski definition) is 6. The average molecular weight is 350 g/mol. The van der Waals surface area contributed by atoms with Gasteiger partial charge >= 0.3 is 10.1 Å². The average Bonchev–Trinajstić information content (AvgIpc) is 2.86. The summed E-state index contributed by atoms with van der Waals surface area (Å²) >= 11 is 0. The van der Waals surface area contributed by atoms with E-state index in [9.17, 15) is 13.0 Å². The first-order valence-corrected chi connectivity index (χ1v) is 9.11. The molecule has 0 bridgehead atoms. The lowest BCUT2D eigenvalue weighted by Gasteiger charge is -2.36. The monoisotopic (exact) mass is 350 g/mol. The number of anilines is 1. The van der Waals surface area contributed by atoms with Gasteiger partial charge in [0.2, 0.25) is 5.37 Å². The van der Waals surface area contributed by atoms with Crippen LogP contribution in [0.3, 0.4) is 0 Å². The first-order valence-electron chi connectivity index (χ1n) is 7.60. The van der Waals surface area contributed by atoms with Gasteiger partial charge in [-0.2, -0.15) is 13.4 Å². The molecular formula is C15H20N5O3S+. The van der Waals surface area contributed by atoms with Crippen LogP contribution in [0.5, 0.6) is 0 Å². The Kier molecular flexibility index (Phi) is 3.82. The molecule has 0 aromatic carbocycles. The lowest BCUT2D eigenvalue weighted by Crippen LogP contribution is -2.58. The molecule has 0 saturated heterocycles. The number of hydrogen-bond donors (Lipinski definition) is 2. The second kappa shape index (κ2) is 5.47. The standard InChI is InChI=1S/C15H19N5O3S/c1-9(2)7-20(10(3)24(21,22)23)8-18-13-14(20)12-11(19-15(13)16)5-4-6-17-12/h4-6,8-10H,7H2,1-3H3,(H2-,16,19,21,22,23)/p+1. The van der Waals surface area contributed by atoms with Crippen LogP contribution in [0.1, 0.15) is 20.8 Å². The minimum Gasteiger partial charge on any atom is -0.382 e. The molecule has 0 aliphatic carbocycles. The van der Waals surface area contributed by atoms with Crippen LogP contribution in [0.25, 0.3) is 11.0 Å². The lowest BCUT2D eigenvalue weighted by atomic mass is 10.1. The molecule has 2 aromatic rings. The van der Waals surface area contributed by atoms with Gasteiger partial charge in [-0.1, -0.05) is 13.8 Å². The summed E-state index contributed by atoms with van der Waals surface area (Å²) in [5, 5.41) is -1.14. The lowest BCUT2D eigenvalue weighted by molar-refractivity contribution is 0.339. The Morgan fingerprint density at radius 1 is 1.33 bits per heavy atom. The summed E-state index contributed by atoms with van der Waals surface area (Å²) in [6.07, 6.45) is 3.14. The number of quaternary nitrogens is 1. The summed E-state index contributed by atoms with van der Waals surface area (Å²) in [6, 6.07) is 3.50. The SMILES string of the molecule is CC(C)C[N+]1(C(C)S(=O)(=O)O)C=Nc2c(N)nc3cccnc3c21. The minimum atomic E-state index is -4.32. The van der Waals surface area contributed by atoms with Crippen molar-refractivity contribution in [3.05, 3.63) is 18.3 Å². The molecule has 1 aliphatic heterocycles. The van der Waals surface area contributed by atoms with E-state index in [4.69, 9.17) is 5.73 Å². The quantitative estimate of drug-likeness (QED) is 0.644. The topological polar surface area (TPSA) is 119 Å². The van der Waals surface area contributed by atoms with E-state index in [0.29, 0.717) is 29.0 Å². The Hall–Kier alpha value is -2.10. The molecule has 2 unspecified atom stereocenters. The number of nitrogens with two attached hydrogens (primary N) is 1. The molecular weight excluding hydrogens is 330 g/mol. The van der Waals surface area contributed by atoms with Crippen molar-refractivity contribution in [1.29, 1.82) is 0 Å². The second-order valence-corrected chi connectivity index (χ2v) is 8.14. The molecule has 2 aromatic heterocycles. The molecule has 3 heterocycles. The molecule has 0 saturated carbocycles. The van der Waals surface area contributed by atoms with Crippen LogP contribution in [-0.4, -0.2) is 41.2 Å². The van der Waals surface area contributed by atoms with Crippen LogP contribution in [0.2, 0.25) is 0 Å². The van der Waals surface area contributed by atoms with Gasteiger partial charge in [0, 0.05) is 19.0 Å².